The Kier molecular flexibility index (Phi) is 12.5. The van der Waals surface area contributed by atoms with Crippen molar-refractivity contribution in [1.82, 2.24) is 4.98 Å². The molecule has 55 heavy (non-hydrogen) atoms. The van der Waals surface area contributed by atoms with Crippen LogP contribution in [0.5, 0.6) is 5.75 Å². The van der Waals surface area contributed by atoms with Crippen molar-refractivity contribution < 1.29 is 4.74 Å². The molecule has 0 saturated heterocycles. The van der Waals surface area contributed by atoms with E-state index in [2.05, 4.69) is 145 Å². The number of thioether (sulfide) groups is 1. The summed E-state index contributed by atoms with van der Waals surface area (Å²) >= 11 is 3.44. The molecule has 1 aromatic heterocycles. The van der Waals surface area contributed by atoms with Crippen LogP contribution >= 0.6 is 23.1 Å². The highest BCUT2D eigenvalue weighted by Crippen LogP contribution is 2.34. The fourth-order valence-electron chi connectivity index (χ4n) is 6.37. The summed E-state index contributed by atoms with van der Waals surface area (Å²) in [5.41, 5.74) is 10.7. The Morgan fingerprint density at radius 2 is 1.75 bits per heavy atom. The fourth-order valence-corrected chi connectivity index (χ4v) is 7.91. The summed E-state index contributed by atoms with van der Waals surface area (Å²) in [5.74, 6) is 0.946. The standard InChI is InChI=1S/C49H43N3OS2/c1-4-14-37(35-50-44-21-6-9-24-47(44)54-3)16-13-33-52(41-19-12-18-40(28-31-41)49-51-45-22-7-10-25-48(45)55-49)42-29-26-38(27-30-42)36(2)15-11-17-39-32-34-53-46-23-8-5-20-43(39)46/h4-17,19-31,33,35H,2,18,32,34H2,1,3H3/b14-4-,15-11-,33-13+,37-16+,39-17+,50-35?. The lowest BCUT2D eigenvalue weighted by Gasteiger charge is -2.22. The van der Waals surface area contributed by atoms with Gasteiger partial charge in [-0.1, -0.05) is 110 Å². The number of hydrogen-bond donors (Lipinski definition) is 0. The molecular formula is C49H43N3OS2. The molecule has 4 aromatic carbocycles. The van der Waals surface area contributed by atoms with Crippen LogP contribution < -0.4 is 9.64 Å². The zero-order valence-electron chi connectivity index (χ0n) is 31.1. The summed E-state index contributed by atoms with van der Waals surface area (Å²) in [5, 5.41) is 1.05. The average Bonchev–Trinajstić information content (AvgIpc) is 3.52. The summed E-state index contributed by atoms with van der Waals surface area (Å²) < 4.78 is 7.03. The molecule has 1 aliphatic heterocycles. The maximum absolute atomic E-state index is 5.83. The van der Waals surface area contributed by atoms with Gasteiger partial charge in [-0.2, -0.15) is 0 Å². The smallest absolute Gasteiger partial charge is 0.126 e. The molecule has 0 atom stereocenters. The van der Waals surface area contributed by atoms with Gasteiger partial charge < -0.3 is 9.64 Å². The van der Waals surface area contributed by atoms with E-state index in [1.54, 1.807) is 23.1 Å². The van der Waals surface area contributed by atoms with Gasteiger partial charge in [0.2, 0.25) is 0 Å². The number of aliphatic imine (C=N–C) groups is 1. The summed E-state index contributed by atoms with van der Waals surface area (Å²) in [6, 6.07) is 33.3. The molecule has 0 amide bonds. The van der Waals surface area contributed by atoms with Crippen LogP contribution in [0.4, 0.5) is 11.4 Å². The Balaban J connectivity index is 1.16. The predicted molar refractivity (Wildman–Crippen MR) is 239 cm³/mol. The van der Waals surface area contributed by atoms with E-state index in [1.165, 1.54) is 15.8 Å². The van der Waals surface area contributed by atoms with E-state index in [1.807, 2.05) is 55.6 Å². The lowest BCUT2D eigenvalue weighted by molar-refractivity contribution is 0.316. The van der Waals surface area contributed by atoms with Crippen LogP contribution in [0, 0.1) is 0 Å². The van der Waals surface area contributed by atoms with Gasteiger partial charge in [0.25, 0.3) is 0 Å². The number of aromatic nitrogens is 1. The van der Waals surface area contributed by atoms with Gasteiger partial charge in [0.05, 0.1) is 22.5 Å². The second-order valence-electron chi connectivity index (χ2n) is 12.9. The Morgan fingerprint density at radius 3 is 2.60 bits per heavy atom. The number of hydrogen-bond acceptors (Lipinski definition) is 6. The SMILES string of the molecule is C=C(/C=C\C=C1/CCOc2ccccc21)c1ccc(N(/C=C/C=C(C=Nc2ccccc2SC)\C=C/C)C2=CC=C(c3nc4ccccc4s3)CC=C2)cc1. The fraction of sp³-hybridized carbons (Fsp3) is 0.102. The van der Waals surface area contributed by atoms with Crippen LogP contribution in [0.25, 0.3) is 26.9 Å². The molecule has 272 valence electrons. The maximum Gasteiger partial charge on any atom is 0.126 e. The molecule has 0 bridgehead atoms. The molecule has 1 aliphatic carbocycles. The highest BCUT2D eigenvalue weighted by molar-refractivity contribution is 7.98. The first-order valence-corrected chi connectivity index (χ1v) is 20.4. The van der Waals surface area contributed by atoms with Crippen LogP contribution in [0.2, 0.25) is 0 Å². The summed E-state index contributed by atoms with van der Waals surface area (Å²) in [4.78, 5) is 13.1. The molecular weight excluding hydrogens is 711 g/mol. The van der Waals surface area contributed by atoms with Crippen molar-refractivity contribution in [2.75, 3.05) is 17.8 Å². The maximum atomic E-state index is 5.83. The van der Waals surface area contributed by atoms with E-state index in [0.29, 0.717) is 6.61 Å². The van der Waals surface area contributed by atoms with Crippen molar-refractivity contribution >= 4 is 67.6 Å². The van der Waals surface area contributed by atoms with Gasteiger partial charge >= 0.3 is 0 Å². The van der Waals surface area contributed by atoms with Crippen molar-refractivity contribution in [2.45, 2.75) is 24.7 Å². The summed E-state index contributed by atoms with van der Waals surface area (Å²) in [6.07, 6.45) is 31.2. The zero-order chi connectivity index (χ0) is 37.8. The lowest BCUT2D eigenvalue weighted by atomic mass is 9.99. The van der Waals surface area contributed by atoms with Crippen molar-refractivity contribution in [3.63, 3.8) is 0 Å². The first-order valence-electron chi connectivity index (χ1n) is 18.4. The Bertz CT molecular complexity index is 2420. The highest BCUT2D eigenvalue weighted by Gasteiger charge is 2.14. The van der Waals surface area contributed by atoms with Crippen molar-refractivity contribution in [3.05, 3.63) is 204 Å². The molecule has 7 rings (SSSR count). The Labute approximate surface area is 333 Å². The van der Waals surface area contributed by atoms with Crippen LogP contribution in [0.1, 0.15) is 35.9 Å². The highest BCUT2D eigenvalue weighted by atomic mass is 32.2. The molecule has 2 aliphatic rings. The first kappa shape index (κ1) is 37.4. The number of nitrogens with zero attached hydrogens (tertiary/aromatic N) is 3. The second-order valence-corrected chi connectivity index (χ2v) is 14.8. The average molecular weight is 754 g/mol. The van der Waals surface area contributed by atoms with Crippen LogP contribution in [0.3, 0.4) is 0 Å². The largest absolute Gasteiger partial charge is 0.493 e. The third-order valence-corrected chi connectivity index (χ3v) is 11.1. The Morgan fingerprint density at radius 1 is 0.927 bits per heavy atom. The number of anilines is 1. The number of rotatable bonds is 12. The van der Waals surface area contributed by atoms with E-state index in [-0.39, 0.29) is 0 Å². The van der Waals surface area contributed by atoms with Crippen molar-refractivity contribution in [2.24, 2.45) is 4.99 Å². The normalized spacial score (nSPS) is 15.5. The molecule has 0 N–H and O–H groups in total. The molecule has 0 saturated carbocycles. The predicted octanol–water partition coefficient (Wildman–Crippen LogP) is 13.6. The monoisotopic (exact) mass is 753 g/mol. The van der Waals surface area contributed by atoms with Gasteiger partial charge in [-0.15, -0.1) is 23.1 Å². The molecule has 6 heteroatoms. The molecule has 0 radical (unpaired) electrons. The lowest BCUT2D eigenvalue weighted by Crippen LogP contribution is -2.13. The number of allylic oxidation sites excluding steroid dienone is 14. The van der Waals surface area contributed by atoms with Gasteiger partial charge in [-0.25, -0.2) is 4.98 Å². The van der Waals surface area contributed by atoms with E-state index in [0.717, 1.165) is 73.4 Å². The van der Waals surface area contributed by atoms with E-state index < -0.39 is 0 Å². The molecule has 2 heterocycles. The molecule has 0 fully saturated rings. The van der Waals surface area contributed by atoms with Crippen molar-refractivity contribution in [1.29, 1.82) is 0 Å². The minimum Gasteiger partial charge on any atom is -0.493 e. The van der Waals surface area contributed by atoms with Gasteiger partial charge in [0, 0.05) is 40.7 Å². The third-order valence-electron chi connectivity index (χ3n) is 9.22. The summed E-state index contributed by atoms with van der Waals surface area (Å²) in [6.45, 7) is 7.11. The van der Waals surface area contributed by atoms with Gasteiger partial charge in [0.1, 0.15) is 10.8 Å². The topological polar surface area (TPSA) is 37.7 Å². The number of fused-ring (bicyclic) bond motifs is 2. The molecule has 5 aromatic rings. The number of ether oxygens (including phenoxy) is 1. The first-order chi connectivity index (χ1) is 27.1. The third kappa shape index (κ3) is 9.41. The number of thiazole rings is 1. The minimum absolute atomic E-state index is 0.696. The number of para-hydroxylation sites is 3. The van der Waals surface area contributed by atoms with Gasteiger partial charge in [-0.05, 0) is 108 Å². The van der Waals surface area contributed by atoms with Gasteiger partial charge in [0.15, 0.2) is 0 Å². The van der Waals surface area contributed by atoms with Crippen LogP contribution in [0.15, 0.2) is 198 Å². The summed E-state index contributed by atoms with van der Waals surface area (Å²) in [7, 11) is 0. The minimum atomic E-state index is 0.696. The van der Waals surface area contributed by atoms with E-state index >= 15 is 0 Å². The molecule has 4 nitrogen and oxygen atoms in total. The Hall–Kier alpha value is -5.95. The van der Waals surface area contributed by atoms with E-state index in [9.17, 15) is 0 Å². The van der Waals surface area contributed by atoms with Crippen molar-refractivity contribution in [3.8, 4) is 5.75 Å². The van der Waals surface area contributed by atoms with E-state index in [4.69, 9.17) is 14.7 Å². The van der Waals surface area contributed by atoms with Crippen LogP contribution in [-0.4, -0.2) is 24.1 Å². The van der Waals surface area contributed by atoms with Gasteiger partial charge in [-0.3, -0.25) is 4.99 Å². The zero-order valence-corrected chi connectivity index (χ0v) is 32.8. The van der Waals surface area contributed by atoms with Crippen LogP contribution in [-0.2, 0) is 0 Å². The quantitative estimate of drug-likeness (QED) is 0.0722. The molecule has 0 unspecified atom stereocenters. The number of benzene rings is 4. The molecule has 0 spiro atoms. The second kappa shape index (κ2) is 18.4.